The molecule has 28 heavy (non-hydrogen) atoms. The summed E-state index contributed by atoms with van der Waals surface area (Å²) < 4.78 is 7.24. The lowest BCUT2D eigenvalue weighted by molar-refractivity contribution is 0.0585. The van der Waals surface area contributed by atoms with Crippen molar-refractivity contribution in [1.82, 2.24) is 9.47 Å². The molecule has 0 saturated heterocycles. The fourth-order valence-corrected chi connectivity index (χ4v) is 3.62. The molecule has 0 N–H and O–H groups in total. The normalized spacial score (nSPS) is 14.0. The fraction of sp³-hybridized carbons (Fsp3) is 0.421. The molecule has 0 bridgehead atoms. The van der Waals surface area contributed by atoms with E-state index in [1.807, 2.05) is 6.07 Å². The van der Waals surface area contributed by atoms with Gasteiger partial charge in [-0.3, -0.25) is 9.69 Å². The molecule has 0 spiro atoms. The van der Waals surface area contributed by atoms with E-state index in [2.05, 4.69) is 0 Å². The Kier molecular flexibility index (Phi) is 5.22. The minimum atomic E-state index is -0.737. The Hall–Kier alpha value is -2.43. The van der Waals surface area contributed by atoms with E-state index >= 15 is 0 Å². The van der Waals surface area contributed by atoms with Crippen LogP contribution in [0.1, 0.15) is 31.3 Å². The molecule has 1 aliphatic rings. The van der Waals surface area contributed by atoms with Crippen LogP contribution in [0.3, 0.4) is 0 Å². The SMILES string of the molecule is CN1CCn2c(cc3c(N(CC#N)C(=O)OC(C)(C)C)cc(Cl)c(Cl)c32)C1=O. The number of hydrogen-bond acceptors (Lipinski definition) is 4. The molecule has 2 aromatic rings. The van der Waals surface area contributed by atoms with Crippen molar-refractivity contribution in [3.05, 3.63) is 27.9 Å². The maximum absolute atomic E-state index is 12.7. The maximum Gasteiger partial charge on any atom is 0.415 e. The van der Waals surface area contributed by atoms with Crippen molar-refractivity contribution in [2.24, 2.45) is 0 Å². The second-order valence-electron chi connectivity index (χ2n) is 7.59. The highest BCUT2D eigenvalue weighted by Crippen LogP contribution is 2.41. The van der Waals surface area contributed by atoms with Crippen LogP contribution in [0, 0.1) is 11.3 Å². The molecule has 1 aliphatic heterocycles. The van der Waals surface area contributed by atoms with Crippen LogP contribution in [0.4, 0.5) is 10.5 Å². The number of halogens is 2. The summed E-state index contributed by atoms with van der Waals surface area (Å²) in [5.41, 5.74) is 0.652. The number of amides is 2. The van der Waals surface area contributed by atoms with Gasteiger partial charge in [0.05, 0.1) is 27.3 Å². The minimum Gasteiger partial charge on any atom is -0.443 e. The molecule has 9 heteroatoms. The van der Waals surface area contributed by atoms with Gasteiger partial charge in [0.15, 0.2) is 0 Å². The van der Waals surface area contributed by atoms with Gasteiger partial charge < -0.3 is 14.2 Å². The Bertz CT molecular complexity index is 1020. The van der Waals surface area contributed by atoms with E-state index in [-0.39, 0.29) is 17.5 Å². The second-order valence-corrected chi connectivity index (χ2v) is 8.37. The Morgan fingerprint density at radius 1 is 1.32 bits per heavy atom. The van der Waals surface area contributed by atoms with E-state index in [4.69, 9.17) is 27.9 Å². The third kappa shape index (κ3) is 3.50. The van der Waals surface area contributed by atoms with Crippen LogP contribution in [-0.2, 0) is 11.3 Å². The standard InChI is InChI=1S/C19H20Cl2N4O3/c1-19(2,3)28-18(27)25(6-5-22)13-10-12(20)15(21)16-11(13)9-14-17(26)23(4)7-8-24(14)16/h9-10H,6-8H2,1-4H3. The molecule has 0 atom stereocenters. The van der Waals surface area contributed by atoms with Gasteiger partial charge in [-0.2, -0.15) is 5.26 Å². The zero-order valence-electron chi connectivity index (χ0n) is 16.0. The monoisotopic (exact) mass is 422 g/mol. The molecule has 7 nitrogen and oxygen atoms in total. The molecule has 2 heterocycles. The smallest absolute Gasteiger partial charge is 0.415 e. The number of nitriles is 1. The fourth-order valence-electron chi connectivity index (χ4n) is 3.17. The quantitative estimate of drug-likeness (QED) is 0.675. The van der Waals surface area contributed by atoms with E-state index < -0.39 is 11.7 Å². The van der Waals surface area contributed by atoms with Gasteiger partial charge in [0.1, 0.15) is 17.8 Å². The Morgan fingerprint density at radius 2 is 2.00 bits per heavy atom. The Balaban J connectivity index is 2.24. The average molecular weight is 423 g/mol. The summed E-state index contributed by atoms with van der Waals surface area (Å²) in [5, 5.41) is 10.3. The lowest BCUT2D eigenvalue weighted by Gasteiger charge is -2.27. The zero-order valence-corrected chi connectivity index (χ0v) is 17.6. The predicted octanol–water partition coefficient (Wildman–Crippen LogP) is 4.30. The summed E-state index contributed by atoms with van der Waals surface area (Å²) in [4.78, 5) is 28.1. The first-order valence-electron chi connectivity index (χ1n) is 8.69. The van der Waals surface area contributed by atoms with Crippen LogP contribution >= 0.6 is 23.2 Å². The van der Waals surface area contributed by atoms with E-state index in [9.17, 15) is 14.9 Å². The van der Waals surface area contributed by atoms with Crippen LogP contribution in [0.25, 0.3) is 10.9 Å². The number of likely N-dealkylation sites (N-methyl/N-ethyl adjacent to an activating group) is 1. The average Bonchev–Trinajstić information content (AvgIpc) is 2.98. The second kappa shape index (κ2) is 7.19. The van der Waals surface area contributed by atoms with Gasteiger partial charge >= 0.3 is 6.09 Å². The third-order valence-electron chi connectivity index (χ3n) is 4.41. The number of benzene rings is 1. The van der Waals surface area contributed by atoms with Crippen LogP contribution in [0.2, 0.25) is 10.0 Å². The van der Waals surface area contributed by atoms with Crippen molar-refractivity contribution in [3.8, 4) is 6.07 Å². The van der Waals surface area contributed by atoms with Gasteiger partial charge in [-0.15, -0.1) is 0 Å². The minimum absolute atomic E-state index is 0.148. The van der Waals surface area contributed by atoms with Crippen LogP contribution in [0.15, 0.2) is 12.1 Å². The summed E-state index contributed by atoms with van der Waals surface area (Å²) in [7, 11) is 1.72. The largest absolute Gasteiger partial charge is 0.443 e. The highest BCUT2D eigenvalue weighted by molar-refractivity contribution is 6.46. The number of anilines is 1. The molecule has 1 aromatic carbocycles. The topological polar surface area (TPSA) is 78.6 Å². The summed E-state index contributed by atoms with van der Waals surface area (Å²) in [6.07, 6.45) is -0.679. The maximum atomic E-state index is 12.7. The van der Waals surface area contributed by atoms with Crippen molar-refractivity contribution < 1.29 is 14.3 Å². The third-order valence-corrected chi connectivity index (χ3v) is 5.19. The number of aromatic nitrogens is 1. The summed E-state index contributed by atoms with van der Waals surface area (Å²) >= 11 is 12.8. The van der Waals surface area contributed by atoms with Gasteiger partial charge in [0, 0.05) is 25.5 Å². The van der Waals surface area contributed by atoms with Gasteiger partial charge in [-0.25, -0.2) is 4.79 Å². The number of hydrogen-bond donors (Lipinski definition) is 0. The van der Waals surface area contributed by atoms with E-state index in [1.54, 1.807) is 43.4 Å². The predicted molar refractivity (Wildman–Crippen MR) is 108 cm³/mol. The molecule has 0 radical (unpaired) electrons. The van der Waals surface area contributed by atoms with Crippen LogP contribution in [0.5, 0.6) is 0 Å². The molecule has 3 rings (SSSR count). The lowest BCUT2D eigenvalue weighted by Crippen LogP contribution is -2.37. The molecular formula is C19H20Cl2N4O3. The van der Waals surface area contributed by atoms with Gasteiger partial charge in [0.25, 0.3) is 5.91 Å². The van der Waals surface area contributed by atoms with Crippen molar-refractivity contribution in [2.45, 2.75) is 32.9 Å². The summed E-state index contributed by atoms with van der Waals surface area (Å²) in [6.45, 7) is 6.06. The molecule has 2 amide bonds. The van der Waals surface area contributed by atoms with Crippen molar-refractivity contribution >= 4 is 51.8 Å². The molecule has 0 fully saturated rings. The molecule has 148 valence electrons. The molecule has 0 unspecified atom stereocenters. The molecule has 0 aliphatic carbocycles. The first-order valence-corrected chi connectivity index (χ1v) is 9.45. The number of rotatable bonds is 2. The van der Waals surface area contributed by atoms with Gasteiger partial charge in [0.2, 0.25) is 0 Å². The number of fused-ring (bicyclic) bond motifs is 3. The lowest BCUT2D eigenvalue weighted by atomic mass is 10.2. The molecule has 1 aromatic heterocycles. The van der Waals surface area contributed by atoms with Crippen molar-refractivity contribution in [2.75, 3.05) is 25.0 Å². The number of ether oxygens (including phenoxy) is 1. The van der Waals surface area contributed by atoms with Crippen molar-refractivity contribution in [1.29, 1.82) is 5.26 Å². The first-order chi connectivity index (χ1) is 13.0. The Labute approximate surface area is 172 Å². The zero-order chi connectivity index (χ0) is 20.8. The first kappa shape index (κ1) is 20.3. The highest BCUT2D eigenvalue weighted by atomic mass is 35.5. The highest BCUT2D eigenvalue weighted by Gasteiger charge is 2.30. The van der Waals surface area contributed by atoms with Crippen molar-refractivity contribution in [3.63, 3.8) is 0 Å². The van der Waals surface area contributed by atoms with E-state index in [1.165, 1.54) is 11.0 Å². The van der Waals surface area contributed by atoms with E-state index in [0.717, 1.165) is 0 Å². The summed E-state index contributed by atoms with van der Waals surface area (Å²) in [6, 6.07) is 5.18. The Morgan fingerprint density at radius 3 is 2.61 bits per heavy atom. The molecular weight excluding hydrogens is 403 g/mol. The molecule has 0 saturated carbocycles. The number of carbonyl (C=O) groups is 2. The van der Waals surface area contributed by atoms with Crippen LogP contribution < -0.4 is 4.90 Å². The van der Waals surface area contributed by atoms with Crippen LogP contribution in [-0.4, -0.2) is 47.2 Å². The van der Waals surface area contributed by atoms with E-state index in [0.29, 0.717) is 40.4 Å². The summed E-state index contributed by atoms with van der Waals surface area (Å²) in [5.74, 6) is -0.148. The van der Waals surface area contributed by atoms with Gasteiger partial charge in [-0.05, 0) is 32.9 Å². The number of carbonyl (C=O) groups excluding carboxylic acids is 2. The number of nitrogens with zero attached hydrogens (tertiary/aromatic N) is 4. The van der Waals surface area contributed by atoms with Gasteiger partial charge in [-0.1, -0.05) is 23.2 Å².